The maximum absolute atomic E-state index is 13.8. The van der Waals surface area contributed by atoms with Crippen molar-refractivity contribution in [3.8, 4) is 5.75 Å². The number of benzene rings is 2. The van der Waals surface area contributed by atoms with Crippen molar-refractivity contribution in [1.29, 1.82) is 0 Å². The molecule has 0 unspecified atom stereocenters. The second-order valence-corrected chi connectivity index (χ2v) is 6.56. The van der Waals surface area contributed by atoms with Gasteiger partial charge in [0, 0.05) is 5.69 Å². The maximum atomic E-state index is 13.8. The summed E-state index contributed by atoms with van der Waals surface area (Å²) in [5.41, 5.74) is 0.336. The summed E-state index contributed by atoms with van der Waals surface area (Å²) in [7, 11) is 1.53. The summed E-state index contributed by atoms with van der Waals surface area (Å²) in [6.07, 6.45) is 0. The van der Waals surface area contributed by atoms with Crippen molar-refractivity contribution in [3.63, 3.8) is 0 Å². The van der Waals surface area contributed by atoms with Crippen molar-refractivity contribution in [2.24, 2.45) is 5.92 Å². The molecule has 1 atom stereocenters. The number of halogens is 1. The summed E-state index contributed by atoms with van der Waals surface area (Å²) in [6.45, 7) is 2.87. The highest BCUT2D eigenvalue weighted by atomic mass is 19.1. The lowest BCUT2D eigenvalue weighted by Crippen LogP contribution is -2.46. The second kappa shape index (κ2) is 10.2. The number of anilines is 1. The van der Waals surface area contributed by atoms with E-state index in [2.05, 4.69) is 10.6 Å². The lowest BCUT2D eigenvalue weighted by atomic mass is 10.0. The smallest absolute Gasteiger partial charge is 0.329 e. The third-order valence-corrected chi connectivity index (χ3v) is 4.04. The minimum Gasteiger partial charge on any atom is -0.497 e. The molecule has 7 nitrogen and oxygen atoms in total. The molecule has 0 spiro atoms. The highest BCUT2D eigenvalue weighted by Gasteiger charge is 2.27. The molecular weight excluding hydrogens is 379 g/mol. The molecule has 2 aromatic carbocycles. The number of methoxy groups -OCH3 is 1. The van der Waals surface area contributed by atoms with Gasteiger partial charge in [0.25, 0.3) is 11.8 Å². The van der Waals surface area contributed by atoms with Crippen molar-refractivity contribution < 1.29 is 28.2 Å². The van der Waals surface area contributed by atoms with Gasteiger partial charge in [-0.1, -0.05) is 26.0 Å². The molecule has 0 aliphatic heterocycles. The van der Waals surface area contributed by atoms with Crippen LogP contribution in [0.3, 0.4) is 0 Å². The number of carbonyl (C=O) groups is 3. The van der Waals surface area contributed by atoms with E-state index >= 15 is 0 Å². The summed E-state index contributed by atoms with van der Waals surface area (Å²) in [6, 6.07) is 11.1. The molecular formula is C21H23FN2O5. The Morgan fingerprint density at radius 1 is 1.03 bits per heavy atom. The minimum absolute atomic E-state index is 0.178. The summed E-state index contributed by atoms with van der Waals surface area (Å²) < 4.78 is 23.8. The molecule has 0 bridgehead atoms. The van der Waals surface area contributed by atoms with E-state index < -0.39 is 36.2 Å². The predicted molar refractivity (Wildman–Crippen MR) is 105 cm³/mol. The standard InChI is InChI=1S/C21H23FN2O5/c1-13(2)19(24-20(26)16-6-4-5-7-17(16)22)21(27)29-12-18(25)23-14-8-10-15(28-3)11-9-14/h4-11,13,19H,12H2,1-3H3,(H,23,25)(H,24,26)/t19-/m0/s1. The molecule has 0 saturated heterocycles. The monoisotopic (exact) mass is 402 g/mol. The Bertz CT molecular complexity index is 868. The number of ether oxygens (including phenoxy) is 2. The largest absolute Gasteiger partial charge is 0.497 e. The molecule has 2 amide bonds. The molecule has 0 aliphatic rings. The SMILES string of the molecule is COc1ccc(NC(=O)COC(=O)[C@@H](NC(=O)c2ccccc2F)C(C)C)cc1. The fourth-order valence-corrected chi connectivity index (χ4v) is 2.46. The Kier molecular flexibility index (Phi) is 7.70. The number of carbonyl (C=O) groups excluding carboxylic acids is 3. The van der Waals surface area contributed by atoms with Crippen molar-refractivity contribution in [3.05, 3.63) is 59.9 Å². The highest BCUT2D eigenvalue weighted by Crippen LogP contribution is 2.15. The van der Waals surface area contributed by atoms with E-state index in [1.54, 1.807) is 38.1 Å². The van der Waals surface area contributed by atoms with Crippen LogP contribution in [0.2, 0.25) is 0 Å². The van der Waals surface area contributed by atoms with E-state index in [1.807, 2.05) is 0 Å². The summed E-state index contributed by atoms with van der Waals surface area (Å²) in [5.74, 6) is -2.44. The van der Waals surface area contributed by atoms with Gasteiger partial charge in [-0.2, -0.15) is 0 Å². The first-order chi connectivity index (χ1) is 13.8. The molecule has 29 heavy (non-hydrogen) atoms. The van der Waals surface area contributed by atoms with Gasteiger partial charge in [-0.15, -0.1) is 0 Å². The van der Waals surface area contributed by atoms with E-state index in [1.165, 1.54) is 25.3 Å². The lowest BCUT2D eigenvalue weighted by molar-refractivity contribution is -0.150. The fraction of sp³-hybridized carbons (Fsp3) is 0.286. The maximum Gasteiger partial charge on any atom is 0.329 e. The lowest BCUT2D eigenvalue weighted by Gasteiger charge is -2.21. The van der Waals surface area contributed by atoms with Gasteiger partial charge in [-0.3, -0.25) is 9.59 Å². The normalized spacial score (nSPS) is 11.5. The van der Waals surface area contributed by atoms with Crippen LogP contribution < -0.4 is 15.4 Å². The first kappa shape index (κ1) is 21.9. The molecule has 8 heteroatoms. The molecule has 2 aromatic rings. The van der Waals surface area contributed by atoms with Gasteiger partial charge in [-0.25, -0.2) is 9.18 Å². The number of rotatable bonds is 8. The third kappa shape index (κ3) is 6.31. The third-order valence-electron chi connectivity index (χ3n) is 4.04. The van der Waals surface area contributed by atoms with Gasteiger partial charge < -0.3 is 20.1 Å². The molecule has 0 radical (unpaired) electrons. The summed E-state index contributed by atoms with van der Waals surface area (Å²) >= 11 is 0. The quantitative estimate of drug-likeness (QED) is 0.663. The van der Waals surface area contributed by atoms with Crippen LogP contribution in [0.1, 0.15) is 24.2 Å². The Morgan fingerprint density at radius 2 is 1.69 bits per heavy atom. The van der Waals surface area contributed by atoms with E-state index in [0.29, 0.717) is 11.4 Å². The van der Waals surface area contributed by atoms with Crippen molar-refractivity contribution >= 4 is 23.5 Å². The van der Waals surface area contributed by atoms with Gasteiger partial charge in [0.1, 0.15) is 17.6 Å². The van der Waals surface area contributed by atoms with Gasteiger partial charge in [0.15, 0.2) is 6.61 Å². The van der Waals surface area contributed by atoms with Crippen LogP contribution in [0, 0.1) is 11.7 Å². The highest BCUT2D eigenvalue weighted by molar-refractivity contribution is 5.97. The van der Waals surface area contributed by atoms with Gasteiger partial charge >= 0.3 is 5.97 Å². The number of nitrogens with one attached hydrogen (secondary N) is 2. The molecule has 0 fully saturated rings. The molecule has 0 saturated carbocycles. The zero-order chi connectivity index (χ0) is 21.4. The first-order valence-electron chi connectivity index (χ1n) is 8.97. The Labute approximate surface area is 168 Å². The molecule has 0 heterocycles. The van der Waals surface area contributed by atoms with Crippen LogP contribution in [0.5, 0.6) is 5.75 Å². The van der Waals surface area contributed by atoms with Crippen LogP contribution in [0.4, 0.5) is 10.1 Å². The van der Waals surface area contributed by atoms with Crippen LogP contribution in [-0.4, -0.2) is 37.5 Å². The summed E-state index contributed by atoms with van der Waals surface area (Å²) in [4.78, 5) is 36.6. The van der Waals surface area contributed by atoms with Crippen molar-refractivity contribution in [2.45, 2.75) is 19.9 Å². The van der Waals surface area contributed by atoms with Crippen molar-refractivity contribution in [1.82, 2.24) is 5.32 Å². The Balaban J connectivity index is 1.92. The molecule has 154 valence electrons. The van der Waals surface area contributed by atoms with Crippen LogP contribution in [0.25, 0.3) is 0 Å². The zero-order valence-corrected chi connectivity index (χ0v) is 16.4. The molecule has 2 rings (SSSR count). The minimum atomic E-state index is -1.03. The Hall–Kier alpha value is -3.42. The van der Waals surface area contributed by atoms with Crippen LogP contribution in [0.15, 0.2) is 48.5 Å². The average molecular weight is 402 g/mol. The zero-order valence-electron chi connectivity index (χ0n) is 16.4. The van der Waals surface area contributed by atoms with E-state index in [9.17, 15) is 18.8 Å². The van der Waals surface area contributed by atoms with Crippen molar-refractivity contribution in [2.75, 3.05) is 19.0 Å². The van der Waals surface area contributed by atoms with E-state index in [4.69, 9.17) is 9.47 Å². The fourth-order valence-electron chi connectivity index (χ4n) is 2.46. The number of esters is 1. The second-order valence-electron chi connectivity index (χ2n) is 6.56. The van der Waals surface area contributed by atoms with E-state index in [-0.39, 0.29) is 11.5 Å². The van der Waals surface area contributed by atoms with E-state index in [0.717, 1.165) is 6.07 Å². The van der Waals surface area contributed by atoms with Gasteiger partial charge in [0.2, 0.25) is 0 Å². The van der Waals surface area contributed by atoms with Gasteiger partial charge in [-0.05, 0) is 42.3 Å². The molecule has 2 N–H and O–H groups in total. The Morgan fingerprint density at radius 3 is 2.28 bits per heavy atom. The first-order valence-corrected chi connectivity index (χ1v) is 8.97. The topological polar surface area (TPSA) is 93.7 Å². The summed E-state index contributed by atoms with van der Waals surface area (Å²) in [5, 5.41) is 5.04. The number of amides is 2. The molecule has 0 aliphatic carbocycles. The predicted octanol–water partition coefficient (Wildman–Crippen LogP) is 2.77. The van der Waals surface area contributed by atoms with Crippen LogP contribution in [-0.2, 0) is 14.3 Å². The number of hydrogen-bond donors (Lipinski definition) is 2. The number of hydrogen-bond acceptors (Lipinski definition) is 5. The van der Waals surface area contributed by atoms with Gasteiger partial charge in [0.05, 0.1) is 12.7 Å². The average Bonchev–Trinajstić information content (AvgIpc) is 2.70. The molecule has 0 aromatic heterocycles. The van der Waals surface area contributed by atoms with Crippen LogP contribution >= 0.6 is 0 Å².